The van der Waals surface area contributed by atoms with Crippen molar-refractivity contribution in [2.45, 2.75) is 5.88 Å². The summed E-state index contributed by atoms with van der Waals surface area (Å²) in [5, 5.41) is 0. The van der Waals surface area contributed by atoms with Crippen molar-refractivity contribution in [2.75, 3.05) is 0 Å². The van der Waals surface area contributed by atoms with Crippen molar-refractivity contribution in [3.8, 4) is 5.75 Å². The molecule has 0 aliphatic heterocycles. The fraction of sp³-hybridized carbons (Fsp3) is 0.143. The van der Waals surface area contributed by atoms with Crippen LogP contribution in [-0.4, -0.2) is 9.79 Å². The summed E-state index contributed by atoms with van der Waals surface area (Å²) in [4.78, 5) is 17.1. The average Bonchev–Trinajstić information content (AvgIpc) is 2.02. The van der Waals surface area contributed by atoms with E-state index in [9.17, 15) is 4.57 Å². The predicted octanol–water partition coefficient (Wildman–Crippen LogP) is 1.90. The minimum atomic E-state index is -4.49. The van der Waals surface area contributed by atoms with Gasteiger partial charge in [-0.15, -0.1) is 11.6 Å². The van der Waals surface area contributed by atoms with E-state index in [2.05, 4.69) is 4.52 Å². The third-order valence-corrected chi connectivity index (χ3v) is 2.06. The molecule has 0 aliphatic carbocycles. The van der Waals surface area contributed by atoms with Crippen LogP contribution in [0, 0.1) is 0 Å². The number of phosphoric ester groups is 1. The number of hydrogen-bond donors (Lipinski definition) is 2. The molecule has 0 bridgehead atoms. The Hall–Kier alpha value is -0.540. The quantitative estimate of drug-likeness (QED) is 0.605. The monoisotopic (exact) mass is 222 g/mol. The highest BCUT2D eigenvalue weighted by Crippen LogP contribution is 2.39. The van der Waals surface area contributed by atoms with E-state index >= 15 is 0 Å². The summed E-state index contributed by atoms with van der Waals surface area (Å²) in [6.07, 6.45) is 0. The van der Waals surface area contributed by atoms with Gasteiger partial charge in [0, 0.05) is 5.56 Å². The minimum Gasteiger partial charge on any atom is -0.404 e. The third kappa shape index (κ3) is 3.36. The number of halogens is 1. The van der Waals surface area contributed by atoms with Gasteiger partial charge < -0.3 is 4.52 Å². The van der Waals surface area contributed by atoms with Crippen molar-refractivity contribution < 1.29 is 18.9 Å². The van der Waals surface area contributed by atoms with Crippen LogP contribution in [-0.2, 0) is 10.4 Å². The summed E-state index contributed by atoms with van der Waals surface area (Å²) in [5.41, 5.74) is 0.549. The van der Waals surface area contributed by atoms with Crippen molar-refractivity contribution in [1.29, 1.82) is 0 Å². The second-order valence-corrected chi connectivity index (χ2v) is 3.75. The van der Waals surface area contributed by atoms with Crippen molar-refractivity contribution in [2.24, 2.45) is 0 Å². The number of para-hydroxylation sites is 1. The summed E-state index contributed by atoms with van der Waals surface area (Å²) < 4.78 is 14.9. The molecule has 1 aromatic carbocycles. The number of alkyl halides is 1. The summed E-state index contributed by atoms with van der Waals surface area (Å²) in [7, 11) is -4.49. The molecule has 1 aromatic rings. The zero-order valence-corrected chi connectivity index (χ0v) is 8.20. The summed E-state index contributed by atoms with van der Waals surface area (Å²) in [6.45, 7) is 0. The number of hydrogen-bond acceptors (Lipinski definition) is 2. The first-order valence-electron chi connectivity index (χ1n) is 3.42. The average molecular weight is 223 g/mol. The normalized spacial score (nSPS) is 11.3. The second-order valence-electron chi connectivity index (χ2n) is 2.32. The van der Waals surface area contributed by atoms with Gasteiger partial charge in [-0.2, -0.15) is 0 Å². The van der Waals surface area contributed by atoms with Crippen LogP contribution in [0.5, 0.6) is 5.75 Å². The Bertz CT molecular complexity index is 335. The Balaban J connectivity index is 2.94. The molecule has 6 heteroatoms. The Kier molecular flexibility index (Phi) is 3.33. The SMILES string of the molecule is O=P(O)(O)Oc1ccccc1CCl. The molecule has 0 atom stereocenters. The van der Waals surface area contributed by atoms with Crippen LogP contribution in [0.1, 0.15) is 5.56 Å². The van der Waals surface area contributed by atoms with Crippen molar-refractivity contribution in [3.05, 3.63) is 29.8 Å². The van der Waals surface area contributed by atoms with Gasteiger partial charge in [-0.05, 0) is 6.07 Å². The summed E-state index contributed by atoms with van der Waals surface area (Å²) in [6, 6.07) is 6.42. The standard InChI is InChI=1S/C7H8ClO4P/c8-5-6-3-1-2-4-7(6)12-13(9,10)11/h1-4H,5H2,(H2,9,10,11). The van der Waals surface area contributed by atoms with Gasteiger partial charge >= 0.3 is 7.82 Å². The molecular weight excluding hydrogens is 214 g/mol. The van der Waals surface area contributed by atoms with Crippen LogP contribution in [0.25, 0.3) is 0 Å². The van der Waals surface area contributed by atoms with Crippen molar-refractivity contribution in [1.82, 2.24) is 0 Å². The van der Waals surface area contributed by atoms with E-state index in [4.69, 9.17) is 21.4 Å². The number of phosphoric acid groups is 1. The van der Waals surface area contributed by atoms with E-state index in [1.54, 1.807) is 18.2 Å². The van der Waals surface area contributed by atoms with E-state index in [1.807, 2.05) is 0 Å². The number of rotatable bonds is 3. The van der Waals surface area contributed by atoms with Gasteiger partial charge in [-0.25, -0.2) is 4.57 Å². The van der Waals surface area contributed by atoms with Gasteiger partial charge in [-0.1, -0.05) is 18.2 Å². The molecule has 0 amide bonds. The fourth-order valence-corrected chi connectivity index (χ4v) is 1.49. The van der Waals surface area contributed by atoms with Gasteiger partial charge in [0.25, 0.3) is 0 Å². The second kappa shape index (κ2) is 4.11. The highest BCUT2D eigenvalue weighted by molar-refractivity contribution is 7.46. The first-order valence-corrected chi connectivity index (χ1v) is 5.48. The molecule has 0 saturated carbocycles. The third-order valence-electron chi connectivity index (χ3n) is 1.33. The lowest BCUT2D eigenvalue weighted by Crippen LogP contribution is -1.93. The van der Waals surface area contributed by atoms with Crippen LogP contribution in [0.2, 0.25) is 0 Å². The van der Waals surface area contributed by atoms with E-state index in [1.165, 1.54) is 6.07 Å². The molecule has 0 heterocycles. The zero-order chi connectivity index (χ0) is 9.90. The van der Waals surface area contributed by atoms with E-state index in [0.29, 0.717) is 5.56 Å². The molecule has 0 fully saturated rings. The molecule has 4 nitrogen and oxygen atoms in total. The fourth-order valence-electron chi connectivity index (χ4n) is 0.831. The molecule has 0 aliphatic rings. The molecule has 0 spiro atoms. The smallest absolute Gasteiger partial charge is 0.404 e. The van der Waals surface area contributed by atoms with Gasteiger partial charge in [0.1, 0.15) is 5.75 Å². The topological polar surface area (TPSA) is 66.8 Å². The maximum atomic E-state index is 10.5. The molecule has 0 radical (unpaired) electrons. The van der Waals surface area contributed by atoms with Crippen LogP contribution in [0.15, 0.2) is 24.3 Å². The maximum absolute atomic E-state index is 10.5. The number of benzene rings is 1. The first-order chi connectivity index (χ1) is 6.03. The highest BCUT2D eigenvalue weighted by Gasteiger charge is 2.17. The van der Waals surface area contributed by atoms with Crippen LogP contribution in [0.3, 0.4) is 0 Å². The van der Waals surface area contributed by atoms with Gasteiger partial charge in [-0.3, -0.25) is 9.79 Å². The maximum Gasteiger partial charge on any atom is 0.524 e. The Morgan fingerprint density at radius 1 is 1.38 bits per heavy atom. The van der Waals surface area contributed by atoms with Gasteiger partial charge in [0.2, 0.25) is 0 Å². The lowest BCUT2D eigenvalue weighted by atomic mass is 10.2. The van der Waals surface area contributed by atoms with E-state index in [-0.39, 0.29) is 11.6 Å². The van der Waals surface area contributed by atoms with Gasteiger partial charge in [0.05, 0.1) is 5.88 Å². The Morgan fingerprint density at radius 3 is 2.54 bits per heavy atom. The molecule has 0 aromatic heterocycles. The molecule has 2 N–H and O–H groups in total. The van der Waals surface area contributed by atoms with Crippen LogP contribution in [0.4, 0.5) is 0 Å². The van der Waals surface area contributed by atoms with Crippen LogP contribution < -0.4 is 4.52 Å². The predicted molar refractivity (Wildman–Crippen MR) is 48.7 cm³/mol. The lowest BCUT2D eigenvalue weighted by molar-refractivity contribution is 0.282. The van der Waals surface area contributed by atoms with Crippen molar-refractivity contribution >= 4 is 19.4 Å². The zero-order valence-electron chi connectivity index (χ0n) is 6.55. The first kappa shape index (κ1) is 10.5. The largest absolute Gasteiger partial charge is 0.524 e. The molecule has 72 valence electrons. The molecule has 0 saturated heterocycles. The highest BCUT2D eigenvalue weighted by atomic mass is 35.5. The summed E-state index contributed by atoms with van der Waals surface area (Å²) in [5.74, 6) is 0.265. The Labute approximate surface area is 80.4 Å². The van der Waals surface area contributed by atoms with Gasteiger partial charge in [0.15, 0.2) is 0 Å². The van der Waals surface area contributed by atoms with Crippen LogP contribution >= 0.6 is 19.4 Å². The lowest BCUT2D eigenvalue weighted by Gasteiger charge is -2.09. The molecular formula is C7H8ClO4P. The molecule has 0 unspecified atom stereocenters. The minimum absolute atomic E-state index is 0.117. The molecule has 13 heavy (non-hydrogen) atoms. The summed E-state index contributed by atoms with van der Waals surface area (Å²) >= 11 is 5.53. The molecule has 1 rings (SSSR count). The van der Waals surface area contributed by atoms with Crippen molar-refractivity contribution in [3.63, 3.8) is 0 Å². The van der Waals surface area contributed by atoms with E-state index < -0.39 is 7.82 Å². The Morgan fingerprint density at radius 2 is 2.00 bits per heavy atom. The van der Waals surface area contributed by atoms with E-state index in [0.717, 1.165) is 0 Å².